The molecule has 0 bridgehead atoms. The molecule has 0 radical (unpaired) electrons. The van der Waals surface area contributed by atoms with Gasteiger partial charge in [0.05, 0.1) is 29.6 Å². The molecule has 0 amide bonds. The molecule has 1 aromatic carbocycles. The lowest BCUT2D eigenvalue weighted by atomic mass is 10.1. The van der Waals surface area contributed by atoms with Gasteiger partial charge in [0, 0.05) is 6.07 Å². The number of phenols is 1. The van der Waals surface area contributed by atoms with Gasteiger partial charge in [0.25, 0.3) is 0 Å². The molecule has 0 aromatic heterocycles. The van der Waals surface area contributed by atoms with Crippen molar-refractivity contribution in [1.29, 1.82) is 0 Å². The van der Waals surface area contributed by atoms with Gasteiger partial charge < -0.3 is 20.4 Å². The van der Waals surface area contributed by atoms with Crippen LogP contribution in [0.15, 0.2) is 23.1 Å². The van der Waals surface area contributed by atoms with Gasteiger partial charge in [-0.25, -0.2) is 8.42 Å². The largest absolute Gasteiger partial charge is 0.502 e. The SMILES string of the molecule is O=[N+]([O-])c1cc(S(=O)(=O)NC(CO)(CO)CO)ccc1O. The van der Waals surface area contributed by atoms with E-state index in [9.17, 15) is 23.6 Å². The van der Waals surface area contributed by atoms with Crippen molar-refractivity contribution in [3.8, 4) is 5.75 Å². The first kappa shape index (κ1) is 17.3. The van der Waals surface area contributed by atoms with E-state index in [1.54, 1.807) is 0 Å². The molecule has 1 aromatic rings. The Labute approximate surface area is 119 Å². The van der Waals surface area contributed by atoms with Gasteiger partial charge >= 0.3 is 5.69 Å². The second-order valence-corrected chi connectivity index (χ2v) is 5.95. The summed E-state index contributed by atoms with van der Waals surface area (Å²) in [5.41, 5.74) is -2.73. The average Bonchev–Trinajstić information content (AvgIpc) is 2.44. The number of aliphatic hydroxyl groups excluding tert-OH is 3. The Morgan fingerprint density at radius 1 is 1.19 bits per heavy atom. The number of benzene rings is 1. The topological polar surface area (TPSA) is 170 Å². The van der Waals surface area contributed by atoms with Crippen molar-refractivity contribution in [2.24, 2.45) is 0 Å². The highest BCUT2D eigenvalue weighted by molar-refractivity contribution is 7.89. The van der Waals surface area contributed by atoms with Crippen molar-refractivity contribution in [1.82, 2.24) is 4.72 Å². The Hall–Kier alpha value is -1.79. The lowest BCUT2D eigenvalue weighted by Crippen LogP contribution is -2.56. The number of aliphatic hydroxyl groups is 3. The summed E-state index contributed by atoms with van der Waals surface area (Å²) in [7, 11) is -4.37. The van der Waals surface area contributed by atoms with Crippen LogP contribution >= 0.6 is 0 Å². The third kappa shape index (κ3) is 3.65. The van der Waals surface area contributed by atoms with Crippen LogP contribution in [-0.4, -0.2) is 59.1 Å². The lowest BCUT2D eigenvalue weighted by Gasteiger charge is -2.28. The summed E-state index contributed by atoms with van der Waals surface area (Å²) < 4.78 is 26.0. The molecule has 0 aliphatic rings. The molecule has 21 heavy (non-hydrogen) atoms. The summed E-state index contributed by atoms with van der Waals surface area (Å²) >= 11 is 0. The van der Waals surface area contributed by atoms with E-state index < -0.39 is 56.6 Å². The van der Waals surface area contributed by atoms with Crippen molar-refractivity contribution in [2.75, 3.05) is 19.8 Å². The van der Waals surface area contributed by atoms with Gasteiger partial charge in [0.15, 0.2) is 5.75 Å². The lowest BCUT2D eigenvalue weighted by molar-refractivity contribution is -0.386. The predicted octanol–water partition coefficient (Wildman–Crippen LogP) is -1.71. The highest BCUT2D eigenvalue weighted by atomic mass is 32.2. The molecule has 0 saturated carbocycles. The third-order valence-corrected chi connectivity index (χ3v) is 4.29. The van der Waals surface area contributed by atoms with Crippen LogP contribution in [0.4, 0.5) is 5.69 Å². The van der Waals surface area contributed by atoms with Crippen molar-refractivity contribution < 1.29 is 33.8 Å². The summed E-state index contributed by atoms with van der Waals surface area (Å²) in [6, 6.07) is 2.35. The standard InChI is InChI=1S/C10H14N2O8S/c13-4-10(5-14,6-15)11-21(19,20)7-1-2-9(16)8(3-7)12(17)18/h1-3,11,13-16H,4-6H2. The highest BCUT2D eigenvalue weighted by Crippen LogP contribution is 2.28. The molecule has 0 fully saturated rings. The van der Waals surface area contributed by atoms with Crippen LogP contribution in [0.1, 0.15) is 0 Å². The van der Waals surface area contributed by atoms with Gasteiger partial charge in [-0.1, -0.05) is 0 Å². The molecule has 0 saturated heterocycles. The van der Waals surface area contributed by atoms with E-state index in [-0.39, 0.29) is 0 Å². The van der Waals surface area contributed by atoms with Crippen molar-refractivity contribution in [3.63, 3.8) is 0 Å². The number of nitro benzene ring substituents is 1. The molecule has 0 heterocycles. The van der Waals surface area contributed by atoms with Gasteiger partial charge in [0.1, 0.15) is 5.54 Å². The van der Waals surface area contributed by atoms with Gasteiger partial charge in [-0.2, -0.15) is 4.72 Å². The van der Waals surface area contributed by atoms with E-state index in [0.717, 1.165) is 12.1 Å². The molecule has 5 N–H and O–H groups in total. The zero-order chi connectivity index (χ0) is 16.3. The monoisotopic (exact) mass is 322 g/mol. The number of phenolic OH excluding ortho intramolecular Hbond substituents is 1. The van der Waals surface area contributed by atoms with E-state index >= 15 is 0 Å². The number of nitro groups is 1. The van der Waals surface area contributed by atoms with Gasteiger partial charge in [-0.05, 0) is 12.1 Å². The number of rotatable bonds is 7. The molecule has 118 valence electrons. The highest BCUT2D eigenvalue weighted by Gasteiger charge is 2.34. The molecular weight excluding hydrogens is 308 g/mol. The normalized spacial score (nSPS) is 12.3. The number of aromatic hydroxyl groups is 1. The Bertz CT molecular complexity index is 618. The van der Waals surface area contributed by atoms with Gasteiger partial charge in [-0.15, -0.1) is 0 Å². The first-order valence-corrected chi connectivity index (χ1v) is 7.03. The van der Waals surface area contributed by atoms with Crippen LogP contribution in [0.5, 0.6) is 5.75 Å². The number of hydrogen-bond donors (Lipinski definition) is 5. The number of hydrogen-bond acceptors (Lipinski definition) is 8. The van der Waals surface area contributed by atoms with Crippen LogP contribution < -0.4 is 4.72 Å². The number of nitrogens with zero attached hydrogens (tertiary/aromatic N) is 1. The summed E-state index contributed by atoms with van der Waals surface area (Å²) in [6.45, 7) is -2.67. The van der Waals surface area contributed by atoms with Gasteiger partial charge in [-0.3, -0.25) is 10.1 Å². The van der Waals surface area contributed by atoms with Crippen LogP contribution in [0.2, 0.25) is 0 Å². The predicted molar refractivity (Wildman–Crippen MR) is 69.1 cm³/mol. The first-order chi connectivity index (χ1) is 9.71. The molecular formula is C10H14N2O8S. The molecule has 1 rings (SSSR count). The fraction of sp³-hybridized carbons (Fsp3) is 0.400. The summed E-state index contributed by atoms with van der Waals surface area (Å²) in [6.07, 6.45) is 0. The second kappa shape index (κ2) is 6.32. The van der Waals surface area contributed by atoms with E-state index in [0.29, 0.717) is 6.07 Å². The molecule has 0 unspecified atom stereocenters. The van der Waals surface area contributed by atoms with Crippen molar-refractivity contribution in [3.05, 3.63) is 28.3 Å². The zero-order valence-electron chi connectivity index (χ0n) is 10.6. The Kier molecular flexibility index (Phi) is 5.20. The summed E-state index contributed by atoms with van der Waals surface area (Å²) in [5.74, 6) is -0.711. The maximum absolute atomic E-state index is 12.1. The number of sulfonamides is 1. The smallest absolute Gasteiger partial charge is 0.312 e. The Morgan fingerprint density at radius 3 is 2.14 bits per heavy atom. The van der Waals surface area contributed by atoms with E-state index in [2.05, 4.69) is 0 Å². The maximum Gasteiger partial charge on any atom is 0.312 e. The maximum atomic E-state index is 12.1. The minimum absolute atomic E-state index is 0.563. The van der Waals surface area contributed by atoms with Crippen LogP contribution in [0, 0.1) is 10.1 Å². The fourth-order valence-corrected chi connectivity index (χ4v) is 2.80. The molecule has 0 atom stereocenters. The third-order valence-electron chi connectivity index (χ3n) is 2.71. The molecule has 0 aliphatic carbocycles. The fourth-order valence-electron chi connectivity index (χ4n) is 1.41. The molecule has 10 nitrogen and oxygen atoms in total. The van der Waals surface area contributed by atoms with Gasteiger partial charge in [0.2, 0.25) is 10.0 Å². The van der Waals surface area contributed by atoms with Crippen LogP contribution in [0.3, 0.4) is 0 Å². The van der Waals surface area contributed by atoms with E-state index in [1.807, 2.05) is 4.72 Å². The van der Waals surface area contributed by atoms with E-state index in [1.165, 1.54) is 0 Å². The van der Waals surface area contributed by atoms with Crippen molar-refractivity contribution in [2.45, 2.75) is 10.4 Å². The zero-order valence-corrected chi connectivity index (χ0v) is 11.4. The minimum atomic E-state index is -4.37. The molecule has 0 spiro atoms. The number of nitrogens with one attached hydrogen (secondary N) is 1. The second-order valence-electron chi connectivity index (χ2n) is 4.27. The summed E-state index contributed by atoms with van der Waals surface area (Å²) in [4.78, 5) is 9.14. The minimum Gasteiger partial charge on any atom is -0.502 e. The van der Waals surface area contributed by atoms with Crippen LogP contribution in [0.25, 0.3) is 0 Å². The van der Waals surface area contributed by atoms with Crippen molar-refractivity contribution >= 4 is 15.7 Å². The molecule has 11 heteroatoms. The van der Waals surface area contributed by atoms with E-state index in [4.69, 9.17) is 15.3 Å². The first-order valence-electron chi connectivity index (χ1n) is 5.55. The van der Waals surface area contributed by atoms with Crippen LogP contribution in [-0.2, 0) is 10.0 Å². The summed E-state index contributed by atoms with van der Waals surface area (Å²) in [5, 5.41) is 47.2. The Morgan fingerprint density at radius 2 is 1.71 bits per heavy atom. The molecule has 0 aliphatic heterocycles. The average molecular weight is 322 g/mol. The quantitative estimate of drug-likeness (QED) is 0.292. The Balaban J connectivity index is 3.26.